The van der Waals surface area contributed by atoms with Gasteiger partial charge in [-0.05, 0) is 11.1 Å². The molecule has 0 spiro atoms. The Morgan fingerprint density at radius 1 is 1.00 bits per heavy atom. The first kappa shape index (κ1) is 8.75. The Morgan fingerprint density at radius 3 is 1.93 bits per heavy atom. The highest BCUT2D eigenvalue weighted by Crippen LogP contribution is 2.27. The third-order valence-electron chi connectivity index (χ3n) is 2.29. The monoisotopic (exact) mass is 186 g/mol. The van der Waals surface area contributed by atoms with Crippen LogP contribution in [-0.4, -0.2) is 11.1 Å². The first-order valence-electron chi connectivity index (χ1n) is 4.45. The zero-order chi connectivity index (χ0) is 9.97. The Balaban J connectivity index is 2.55. The second kappa shape index (κ2) is 3.50. The molecule has 2 bridgehead atoms. The van der Waals surface area contributed by atoms with Gasteiger partial charge in [0.15, 0.2) is 0 Å². The third kappa shape index (κ3) is 1.46. The lowest BCUT2D eigenvalue weighted by Gasteiger charge is -2.12. The molecule has 0 aromatic carbocycles. The van der Waals surface area contributed by atoms with Gasteiger partial charge in [0.1, 0.15) is 5.92 Å². The molecule has 0 radical (unpaired) electrons. The zero-order valence-electron chi connectivity index (χ0n) is 7.55. The van der Waals surface area contributed by atoms with Crippen LogP contribution in [0.15, 0.2) is 59.8 Å². The van der Waals surface area contributed by atoms with Gasteiger partial charge in [-0.1, -0.05) is 48.6 Å². The summed E-state index contributed by atoms with van der Waals surface area (Å²) in [5.41, 5.74) is 1.64. The summed E-state index contributed by atoms with van der Waals surface area (Å²) in [6.45, 7) is 0. The van der Waals surface area contributed by atoms with Crippen LogP contribution in [0.5, 0.6) is 0 Å². The summed E-state index contributed by atoms with van der Waals surface area (Å²) in [5.74, 6) is -1.33. The van der Waals surface area contributed by atoms with Gasteiger partial charge < -0.3 is 5.11 Å². The van der Waals surface area contributed by atoms with Gasteiger partial charge in [0, 0.05) is 0 Å². The van der Waals surface area contributed by atoms with E-state index in [2.05, 4.69) is 0 Å². The third-order valence-corrected chi connectivity index (χ3v) is 2.29. The molecule has 70 valence electrons. The van der Waals surface area contributed by atoms with Gasteiger partial charge >= 0.3 is 5.97 Å². The smallest absolute Gasteiger partial charge is 0.315 e. The molecule has 2 heteroatoms. The molecule has 0 aliphatic heterocycles. The topological polar surface area (TPSA) is 37.3 Å². The number of carboxylic acid groups (broad SMARTS) is 1. The molecule has 0 atom stereocenters. The van der Waals surface area contributed by atoms with Gasteiger partial charge in [0.25, 0.3) is 0 Å². The minimum absolute atomic E-state index is 0.528. The molecule has 14 heavy (non-hydrogen) atoms. The number of carboxylic acids is 1. The van der Waals surface area contributed by atoms with E-state index in [-0.39, 0.29) is 0 Å². The van der Waals surface area contributed by atoms with E-state index in [9.17, 15) is 4.79 Å². The largest absolute Gasteiger partial charge is 0.481 e. The number of fused-ring (bicyclic) bond motifs is 2. The fraction of sp³-hybridized carbons (Fsp3) is 0.0833. The molecule has 1 N–H and O–H groups in total. The van der Waals surface area contributed by atoms with E-state index in [1.807, 2.05) is 48.6 Å². The predicted molar refractivity (Wildman–Crippen MR) is 54.7 cm³/mol. The van der Waals surface area contributed by atoms with Crippen LogP contribution in [0.1, 0.15) is 0 Å². The lowest BCUT2D eigenvalue weighted by atomic mass is 9.92. The summed E-state index contributed by atoms with van der Waals surface area (Å²) in [6, 6.07) is 0. The van der Waals surface area contributed by atoms with Crippen molar-refractivity contribution in [3.05, 3.63) is 59.8 Å². The lowest BCUT2D eigenvalue weighted by molar-refractivity contribution is -0.139. The van der Waals surface area contributed by atoms with E-state index in [0.717, 1.165) is 11.1 Å². The van der Waals surface area contributed by atoms with E-state index in [4.69, 9.17) is 5.11 Å². The Kier molecular flexibility index (Phi) is 2.19. The quantitative estimate of drug-likeness (QED) is 0.681. The SMILES string of the molecule is O=C(O)C1C2=CC=CC=C1C=CC=C2. The van der Waals surface area contributed by atoms with Crippen molar-refractivity contribution >= 4 is 5.97 Å². The van der Waals surface area contributed by atoms with Gasteiger partial charge in [0.2, 0.25) is 0 Å². The van der Waals surface area contributed by atoms with E-state index in [0.29, 0.717) is 0 Å². The second-order valence-corrected chi connectivity index (χ2v) is 3.21. The minimum Gasteiger partial charge on any atom is -0.481 e. The molecular formula is C12H10O2. The molecule has 0 aromatic heterocycles. The molecule has 0 unspecified atom stereocenters. The van der Waals surface area contributed by atoms with Crippen LogP contribution in [0.3, 0.4) is 0 Å². The number of aliphatic carboxylic acids is 1. The summed E-state index contributed by atoms with van der Waals surface area (Å²) < 4.78 is 0. The van der Waals surface area contributed by atoms with E-state index >= 15 is 0 Å². The minimum atomic E-state index is -0.803. The van der Waals surface area contributed by atoms with Crippen molar-refractivity contribution in [1.82, 2.24) is 0 Å². The average molecular weight is 186 g/mol. The van der Waals surface area contributed by atoms with Crippen molar-refractivity contribution in [2.24, 2.45) is 5.92 Å². The van der Waals surface area contributed by atoms with Crippen LogP contribution in [0.25, 0.3) is 0 Å². The highest BCUT2D eigenvalue weighted by atomic mass is 16.4. The molecule has 0 fully saturated rings. The average Bonchev–Trinajstić information content (AvgIpc) is 2.47. The molecule has 2 aliphatic rings. The van der Waals surface area contributed by atoms with Crippen molar-refractivity contribution in [1.29, 1.82) is 0 Å². The van der Waals surface area contributed by atoms with Crippen molar-refractivity contribution in [2.75, 3.05) is 0 Å². The van der Waals surface area contributed by atoms with Crippen LogP contribution >= 0.6 is 0 Å². The molecule has 0 heterocycles. The van der Waals surface area contributed by atoms with Crippen molar-refractivity contribution in [3.8, 4) is 0 Å². The predicted octanol–water partition coefficient (Wildman–Crippen LogP) is 2.24. The maximum atomic E-state index is 11.1. The molecule has 2 rings (SSSR count). The van der Waals surface area contributed by atoms with Crippen molar-refractivity contribution < 1.29 is 9.90 Å². The molecule has 0 amide bonds. The number of rotatable bonds is 1. The van der Waals surface area contributed by atoms with E-state index < -0.39 is 11.9 Å². The molecule has 2 aliphatic carbocycles. The summed E-state index contributed by atoms with van der Waals surface area (Å²) >= 11 is 0. The van der Waals surface area contributed by atoms with Gasteiger partial charge in [0.05, 0.1) is 0 Å². The highest BCUT2D eigenvalue weighted by molar-refractivity contribution is 5.80. The molecule has 0 saturated heterocycles. The fourth-order valence-electron chi connectivity index (χ4n) is 1.64. The zero-order valence-corrected chi connectivity index (χ0v) is 7.55. The summed E-state index contributed by atoms with van der Waals surface area (Å²) in [7, 11) is 0. The molecule has 2 nitrogen and oxygen atoms in total. The van der Waals surface area contributed by atoms with Crippen LogP contribution in [0, 0.1) is 5.92 Å². The maximum absolute atomic E-state index is 11.1. The van der Waals surface area contributed by atoms with Gasteiger partial charge in [-0.2, -0.15) is 0 Å². The Labute approximate surface area is 82.2 Å². The van der Waals surface area contributed by atoms with E-state index in [1.54, 1.807) is 0 Å². The summed E-state index contributed by atoms with van der Waals surface area (Å²) in [5, 5.41) is 9.12. The lowest BCUT2D eigenvalue weighted by Crippen LogP contribution is -2.16. The van der Waals surface area contributed by atoms with E-state index in [1.165, 1.54) is 0 Å². The highest BCUT2D eigenvalue weighted by Gasteiger charge is 2.24. The van der Waals surface area contributed by atoms with Crippen LogP contribution in [-0.2, 0) is 4.79 Å². The Hall–Kier alpha value is -1.83. The van der Waals surface area contributed by atoms with Gasteiger partial charge in [-0.25, -0.2) is 0 Å². The summed E-state index contributed by atoms with van der Waals surface area (Å²) in [4.78, 5) is 11.1. The number of hydrogen-bond acceptors (Lipinski definition) is 1. The maximum Gasteiger partial charge on any atom is 0.315 e. The van der Waals surface area contributed by atoms with Crippen molar-refractivity contribution in [2.45, 2.75) is 0 Å². The second-order valence-electron chi connectivity index (χ2n) is 3.21. The van der Waals surface area contributed by atoms with Crippen molar-refractivity contribution in [3.63, 3.8) is 0 Å². The molecular weight excluding hydrogens is 176 g/mol. The normalized spacial score (nSPS) is 19.7. The molecule has 0 aromatic rings. The first-order valence-corrected chi connectivity index (χ1v) is 4.45. The van der Waals surface area contributed by atoms with Crippen LogP contribution < -0.4 is 0 Å². The Bertz CT molecular complexity index is 374. The number of hydrogen-bond donors (Lipinski definition) is 1. The van der Waals surface area contributed by atoms with Crippen LogP contribution in [0.2, 0.25) is 0 Å². The first-order chi connectivity index (χ1) is 6.79. The number of carbonyl (C=O) groups is 1. The standard InChI is InChI=1S/C12H10O2/c13-12(14)11-9-5-1-2-6-10(11)8-4-3-7-9/h1-8,11H,(H,13,14). The van der Waals surface area contributed by atoms with Gasteiger partial charge in [-0.3, -0.25) is 4.79 Å². The molecule has 0 saturated carbocycles. The van der Waals surface area contributed by atoms with Gasteiger partial charge in [-0.15, -0.1) is 0 Å². The fourth-order valence-corrected chi connectivity index (χ4v) is 1.64. The number of allylic oxidation sites excluding steroid dienone is 8. The Morgan fingerprint density at radius 2 is 1.50 bits per heavy atom. The van der Waals surface area contributed by atoms with Crippen LogP contribution in [0.4, 0.5) is 0 Å². The summed E-state index contributed by atoms with van der Waals surface area (Å²) in [6.07, 6.45) is 14.8.